The van der Waals surface area contributed by atoms with Gasteiger partial charge in [-0.1, -0.05) is 6.07 Å². The Morgan fingerprint density at radius 2 is 2.11 bits per heavy atom. The van der Waals surface area contributed by atoms with Crippen molar-refractivity contribution in [2.45, 2.75) is 20.0 Å². The van der Waals surface area contributed by atoms with E-state index in [1.165, 1.54) is 13.2 Å². The summed E-state index contributed by atoms with van der Waals surface area (Å²) in [5, 5.41) is 7.68. The Morgan fingerprint density at radius 1 is 1.32 bits per heavy atom. The highest BCUT2D eigenvalue weighted by Gasteiger charge is 2.09. The van der Waals surface area contributed by atoms with E-state index in [4.69, 9.17) is 9.15 Å². The van der Waals surface area contributed by atoms with Gasteiger partial charge in [-0.25, -0.2) is 4.39 Å². The van der Waals surface area contributed by atoms with Crippen LogP contribution in [0.1, 0.15) is 17.3 Å². The molecule has 0 aliphatic rings. The molecule has 1 heterocycles. The first-order valence-corrected chi connectivity index (χ1v) is 5.88. The third-order valence-electron chi connectivity index (χ3n) is 2.64. The number of nitrogens with zero attached hydrogens (tertiary/aromatic N) is 3. The average Bonchev–Trinajstić information content (AvgIpc) is 2.74. The fourth-order valence-electron chi connectivity index (χ4n) is 1.81. The van der Waals surface area contributed by atoms with Gasteiger partial charge in [0.25, 0.3) is 0 Å². The van der Waals surface area contributed by atoms with E-state index in [1.807, 2.05) is 18.0 Å². The topological polar surface area (TPSA) is 51.4 Å². The van der Waals surface area contributed by atoms with Gasteiger partial charge >= 0.3 is 0 Å². The second kappa shape index (κ2) is 5.79. The SMILES string of the molecule is COc1ccc(CN(C)Cc2nnc(C)o2)cc1F. The lowest BCUT2D eigenvalue weighted by Gasteiger charge is -2.14. The van der Waals surface area contributed by atoms with Gasteiger partial charge in [-0.2, -0.15) is 0 Å². The second-order valence-electron chi connectivity index (χ2n) is 4.36. The van der Waals surface area contributed by atoms with Crippen molar-refractivity contribution in [3.05, 3.63) is 41.4 Å². The molecule has 0 aliphatic carbocycles. The summed E-state index contributed by atoms with van der Waals surface area (Å²) in [6.45, 7) is 2.85. The molecule has 0 radical (unpaired) electrons. The van der Waals surface area contributed by atoms with Gasteiger partial charge < -0.3 is 9.15 Å². The van der Waals surface area contributed by atoms with E-state index in [2.05, 4.69) is 10.2 Å². The zero-order valence-corrected chi connectivity index (χ0v) is 11.2. The molecule has 0 amide bonds. The Kier molecular flexibility index (Phi) is 4.11. The van der Waals surface area contributed by atoms with E-state index in [1.54, 1.807) is 13.0 Å². The Labute approximate surface area is 111 Å². The van der Waals surface area contributed by atoms with Crippen molar-refractivity contribution >= 4 is 0 Å². The largest absolute Gasteiger partial charge is 0.494 e. The molecular formula is C13H16FN3O2. The normalized spacial score (nSPS) is 11.0. The number of rotatable bonds is 5. The molecular weight excluding hydrogens is 249 g/mol. The lowest BCUT2D eigenvalue weighted by atomic mass is 10.2. The number of benzene rings is 1. The number of hydrogen-bond acceptors (Lipinski definition) is 5. The molecule has 0 bridgehead atoms. The minimum atomic E-state index is -0.359. The van der Waals surface area contributed by atoms with Crippen LogP contribution >= 0.6 is 0 Å². The van der Waals surface area contributed by atoms with Crippen LogP contribution in [0.25, 0.3) is 0 Å². The zero-order chi connectivity index (χ0) is 13.8. The van der Waals surface area contributed by atoms with Gasteiger partial charge in [0.1, 0.15) is 0 Å². The first-order chi connectivity index (χ1) is 9.08. The molecule has 2 rings (SSSR count). The quantitative estimate of drug-likeness (QED) is 0.829. The van der Waals surface area contributed by atoms with Gasteiger partial charge in [-0.15, -0.1) is 10.2 Å². The highest BCUT2D eigenvalue weighted by atomic mass is 19.1. The van der Waals surface area contributed by atoms with Gasteiger partial charge in [0.05, 0.1) is 13.7 Å². The smallest absolute Gasteiger partial charge is 0.230 e. The summed E-state index contributed by atoms with van der Waals surface area (Å²) in [6, 6.07) is 4.92. The Morgan fingerprint density at radius 3 is 2.68 bits per heavy atom. The van der Waals surface area contributed by atoms with Crippen molar-refractivity contribution in [1.82, 2.24) is 15.1 Å². The predicted octanol–water partition coefficient (Wildman–Crippen LogP) is 2.16. The maximum atomic E-state index is 13.5. The first-order valence-electron chi connectivity index (χ1n) is 5.88. The summed E-state index contributed by atoms with van der Waals surface area (Å²) >= 11 is 0. The lowest BCUT2D eigenvalue weighted by molar-refractivity contribution is 0.278. The molecule has 102 valence electrons. The summed E-state index contributed by atoms with van der Waals surface area (Å²) in [6.07, 6.45) is 0. The highest BCUT2D eigenvalue weighted by Crippen LogP contribution is 2.18. The Hall–Kier alpha value is -1.95. The van der Waals surface area contributed by atoms with Crippen LogP contribution in [0.3, 0.4) is 0 Å². The second-order valence-corrected chi connectivity index (χ2v) is 4.36. The summed E-state index contributed by atoms with van der Waals surface area (Å²) in [4.78, 5) is 1.97. The molecule has 0 unspecified atom stereocenters. The fourth-order valence-corrected chi connectivity index (χ4v) is 1.81. The minimum Gasteiger partial charge on any atom is -0.494 e. The Balaban J connectivity index is 1.98. The molecule has 0 spiro atoms. The van der Waals surface area contributed by atoms with E-state index in [-0.39, 0.29) is 11.6 Å². The number of halogens is 1. The maximum Gasteiger partial charge on any atom is 0.230 e. The van der Waals surface area contributed by atoms with Crippen molar-refractivity contribution in [3.63, 3.8) is 0 Å². The van der Waals surface area contributed by atoms with Crippen molar-refractivity contribution in [3.8, 4) is 5.75 Å². The minimum absolute atomic E-state index is 0.249. The number of aromatic nitrogens is 2. The summed E-state index contributed by atoms with van der Waals surface area (Å²) in [5.41, 5.74) is 0.858. The molecule has 1 aromatic heterocycles. The molecule has 0 atom stereocenters. The van der Waals surface area contributed by atoms with Gasteiger partial charge in [0.15, 0.2) is 11.6 Å². The maximum absolute atomic E-state index is 13.5. The highest BCUT2D eigenvalue weighted by molar-refractivity contribution is 5.29. The number of aryl methyl sites for hydroxylation is 1. The van der Waals surface area contributed by atoms with Crippen LogP contribution in [0.15, 0.2) is 22.6 Å². The molecule has 5 nitrogen and oxygen atoms in total. The molecule has 1 aromatic carbocycles. The van der Waals surface area contributed by atoms with E-state index >= 15 is 0 Å². The summed E-state index contributed by atoms with van der Waals surface area (Å²) < 4.78 is 23.7. The van der Waals surface area contributed by atoms with Crippen LogP contribution in [0, 0.1) is 12.7 Å². The van der Waals surface area contributed by atoms with Crippen LogP contribution in [0.4, 0.5) is 4.39 Å². The van der Waals surface area contributed by atoms with E-state index in [0.29, 0.717) is 24.9 Å². The standard InChI is InChI=1S/C13H16FN3O2/c1-9-15-16-13(19-9)8-17(2)7-10-4-5-12(18-3)11(14)6-10/h4-6H,7-8H2,1-3H3. The number of hydrogen-bond donors (Lipinski definition) is 0. The first kappa shape index (κ1) is 13.5. The molecule has 0 saturated heterocycles. The van der Waals surface area contributed by atoms with E-state index in [0.717, 1.165) is 5.56 Å². The molecule has 19 heavy (non-hydrogen) atoms. The predicted molar refractivity (Wildman–Crippen MR) is 67.2 cm³/mol. The van der Waals surface area contributed by atoms with Gasteiger partial charge in [0, 0.05) is 13.5 Å². The molecule has 0 N–H and O–H groups in total. The molecule has 2 aromatic rings. The summed E-state index contributed by atoms with van der Waals surface area (Å²) in [5.74, 6) is 0.980. The molecule has 0 fully saturated rings. The van der Waals surface area contributed by atoms with Crippen LogP contribution in [-0.4, -0.2) is 29.3 Å². The number of methoxy groups -OCH3 is 1. The third-order valence-corrected chi connectivity index (χ3v) is 2.64. The summed E-state index contributed by atoms with van der Waals surface area (Å²) in [7, 11) is 3.35. The lowest BCUT2D eigenvalue weighted by Crippen LogP contribution is -2.17. The van der Waals surface area contributed by atoms with E-state index in [9.17, 15) is 4.39 Å². The van der Waals surface area contributed by atoms with Crippen molar-refractivity contribution in [2.24, 2.45) is 0 Å². The van der Waals surface area contributed by atoms with Crippen LogP contribution in [0.5, 0.6) is 5.75 Å². The fraction of sp³-hybridized carbons (Fsp3) is 0.385. The van der Waals surface area contributed by atoms with Crippen LogP contribution in [-0.2, 0) is 13.1 Å². The molecule has 0 saturated carbocycles. The van der Waals surface area contributed by atoms with Crippen molar-refractivity contribution < 1.29 is 13.5 Å². The van der Waals surface area contributed by atoms with Gasteiger partial charge in [0.2, 0.25) is 11.8 Å². The number of ether oxygens (including phenoxy) is 1. The van der Waals surface area contributed by atoms with Crippen LogP contribution in [0.2, 0.25) is 0 Å². The Bertz CT molecular complexity index is 557. The zero-order valence-electron chi connectivity index (χ0n) is 11.2. The molecule has 6 heteroatoms. The van der Waals surface area contributed by atoms with E-state index < -0.39 is 0 Å². The van der Waals surface area contributed by atoms with Crippen LogP contribution < -0.4 is 4.74 Å². The third kappa shape index (κ3) is 3.51. The molecule has 0 aliphatic heterocycles. The van der Waals surface area contributed by atoms with Gasteiger partial charge in [-0.05, 0) is 24.7 Å². The average molecular weight is 265 g/mol. The van der Waals surface area contributed by atoms with Gasteiger partial charge in [-0.3, -0.25) is 4.90 Å². The van der Waals surface area contributed by atoms with Crippen molar-refractivity contribution in [1.29, 1.82) is 0 Å². The monoisotopic (exact) mass is 265 g/mol. The van der Waals surface area contributed by atoms with Crippen molar-refractivity contribution in [2.75, 3.05) is 14.2 Å².